The minimum atomic E-state index is -0.987. The van der Waals surface area contributed by atoms with Crippen molar-refractivity contribution in [3.8, 4) is 0 Å². The lowest BCUT2D eigenvalue weighted by Gasteiger charge is -2.13. The molecule has 0 amide bonds. The molecular formula is C11H16BrNOS. The predicted octanol–water partition coefficient (Wildman–Crippen LogP) is 3.33. The van der Waals surface area contributed by atoms with Gasteiger partial charge in [-0.15, -0.1) is 0 Å². The molecule has 0 saturated heterocycles. The largest absolute Gasteiger partial charge is 0.398 e. The average Bonchev–Trinajstić information content (AvgIpc) is 2.19. The van der Waals surface area contributed by atoms with E-state index in [0.717, 1.165) is 22.2 Å². The van der Waals surface area contributed by atoms with Crippen molar-refractivity contribution in [2.45, 2.75) is 36.8 Å². The highest BCUT2D eigenvalue weighted by Crippen LogP contribution is 2.25. The Balaban J connectivity index is 3.00. The maximum Gasteiger partial charge on any atom is 0.0621 e. The van der Waals surface area contributed by atoms with Crippen molar-refractivity contribution >= 4 is 32.4 Å². The highest BCUT2D eigenvalue weighted by Gasteiger charge is 2.16. The molecule has 0 bridgehead atoms. The van der Waals surface area contributed by atoms with Gasteiger partial charge in [-0.3, -0.25) is 4.21 Å². The monoisotopic (exact) mass is 289 g/mol. The van der Waals surface area contributed by atoms with Gasteiger partial charge in [0, 0.05) is 15.4 Å². The lowest BCUT2D eigenvalue weighted by atomic mass is 10.3. The second kappa shape index (κ2) is 5.66. The van der Waals surface area contributed by atoms with Crippen LogP contribution in [0.3, 0.4) is 0 Å². The van der Waals surface area contributed by atoms with Gasteiger partial charge in [-0.1, -0.05) is 29.8 Å². The van der Waals surface area contributed by atoms with E-state index in [4.69, 9.17) is 5.73 Å². The van der Waals surface area contributed by atoms with Gasteiger partial charge in [0.1, 0.15) is 0 Å². The molecule has 0 aliphatic rings. The highest BCUT2D eigenvalue weighted by atomic mass is 79.9. The fraction of sp³-hybridized carbons (Fsp3) is 0.455. The van der Waals surface area contributed by atoms with Gasteiger partial charge in [0.2, 0.25) is 0 Å². The highest BCUT2D eigenvalue weighted by molar-refractivity contribution is 9.10. The number of hydrogen-bond acceptors (Lipinski definition) is 2. The molecule has 0 fully saturated rings. The molecule has 2 nitrogen and oxygen atoms in total. The third kappa shape index (κ3) is 3.05. The maximum atomic E-state index is 12.2. The van der Waals surface area contributed by atoms with Crippen LogP contribution in [0.15, 0.2) is 27.6 Å². The van der Waals surface area contributed by atoms with Gasteiger partial charge in [-0.25, -0.2) is 0 Å². The maximum absolute atomic E-state index is 12.2. The van der Waals surface area contributed by atoms with Crippen molar-refractivity contribution in [1.82, 2.24) is 0 Å². The van der Waals surface area contributed by atoms with Crippen molar-refractivity contribution in [3.63, 3.8) is 0 Å². The van der Waals surface area contributed by atoms with Crippen LogP contribution in [0.4, 0.5) is 5.69 Å². The quantitative estimate of drug-likeness (QED) is 0.864. The number of hydrogen-bond donors (Lipinski definition) is 1. The first kappa shape index (κ1) is 12.7. The zero-order valence-electron chi connectivity index (χ0n) is 9.00. The molecule has 2 N–H and O–H groups in total. The van der Waals surface area contributed by atoms with E-state index in [9.17, 15) is 4.21 Å². The minimum Gasteiger partial charge on any atom is -0.398 e. The van der Waals surface area contributed by atoms with Crippen LogP contribution in [0.25, 0.3) is 0 Å². The Kier molecular flexibility index (Phi) is 4.80. The van der Waals surface area contributed by atoms with Crippen LogP contribution in [0, 0.1) is 0 Å². The standard InChI is InChI=1S/C11H16BrNOS/c1-3-9(4-2)15(14)11-6-5-8(12)7-10(11)13/h5-7,9H,3-4,13H2,1-2H3. The topological polar surface area (TPSA) is 43.1 Å². The van der Waals surface area contributed by atoms with Gasteiger partial charge in [0.05, 0.1) is 15.7 Å². The molecule has 0 aliphatic heterocycles. The zero-order valence-corrected chi connectivity index (χ0v) is 11.4. The van der Waals surface area contributed by atoms with Crippen LogP contribution in [0.2, 0.25) is 0 Å². The van der Waals surface area contributed by atoms with E-state index < -0.39 is 10.8 Å². The molecule has 1 aromatic carbocycles. The number of halogens is 1. The summed E-state index contributed by atoms with van der Waals surface area (Å²) in [5.74, 6) is 0. The second-order valence-electron chi connectivity index (χ2n) is 3.42. The summed E-state index contributed by atoms with van der Waals surface area (Å²) in [6, 6.07) is 5.52. The van der Waals surface area contributed by atoms with Crippen LogP contribution >= 0.6 is 15.9 Å². The summed E-state index contributed by atoms with van der Waals surface area (Å²) in [7, 11) is -0.987. The van der Waals surface area contributed by atoms with Gasteiger partial charge in [-0.05, 0) is 31.0 Å². The van der Waals surface area contributed by atoms with E-state index in [2.05, 4.69) is 29.8 Å². The smallest absolute Gasteiger partial charge is 0.0621 e. The van der Waals surface area contributed by atoms with E-state index in [0.29, 0.717) is 5.69 Å². The molecule has 4 heteroatoms. The SMILES string of the molecule is CCC(CC)S(=O)c1ccc(Br)cc1N. The number of nitrogen functional groups attached to an aromatic ring is 1. The molecule has 1 rings (SSSR count). The van der Waals surface area contributed by atoms with Crippen molar-refractivity contribution in [3.05, 3.63) is 22.7 Å². The molecule has 0 aromatic heterocycles. The zero-order chi connectivity index (χ0) is 11.4. The van der Waals surface area contributed by atoms with E-state index in [1.165, 1.54) is 0 Å². The Morgan fingerprint density at radius 3 is 2.47 bits per heavy atom. The molecule has 0 spiro atoms. The lowest BCUT2D eigenvalue weighted by molar-refractivity contribution is 0.658. The third-order valence-electron chi connectivity index (χ3n) is 2.40. The molecule has 0 radical (unpaired) electrons. The van der Waals surface area contributed by atoms with E-state index in [1.54, 1.807) is 6.07 Å². The molecule has 0 heterocycles. The first-order valence-corrected chi connectivity index (χ1v) is 7.06. The predicted molar refractivity (Wildman–Crippen MR) is 69.3 cm³/mol. The fourth-order valence-corrected chi connectivity index (χ4v) is 3.31. The Bertz CT molecular complexity index is 364. The van der Waals surface area contributed by atoms with Crippen molar-refractivity contribution in [2.75, 3.05) is 5.73 Å². The van der Waals surface area contributed by atoms with Crippen LogP contribution < -0.4 is 5.73 Å². The number of anilines is 1. The van der Waals surface area contributed by atoms with Crippen LogP contribution in [-0.2, 0) is 10.8 Å². The Labute approximate surface area is 102 Å². The van der Waals surface area contributed by atoms with Crippen LogP contribution in [0.1, 0.15) is 26.7 Å². The molecule has 84 valence electrons. The van der Waals surface area contributed by atoms with Gasteiger partial charge >= 0.3 is 0 Å². The van der Waals surface area contributed by atoms with E-state index >= 15 is 0 Å². The molecular weight excluding hydrogens is 274 g/mol. The summed E-state index contributed by atoms with van der Waals surface area (Å²) >= 11 is 3.34. The van der Waals surface area contributed by atoms with Crippen LogP contribution in [0.5, 0.6) is 0 Å². The van der Waals surface area contributed by atoms with E-state index in [-0.39, 0.29) is 5.25 Å². The second-order valence-corrected chi connectivity index (χ2v) is 6.04. The number of rotatable bonds is 4. The minimum absolute atomic E-state index is 0.202. The molecule has 1 atom stereocenters. The molecule has 15 heavy (non-hydrogen) atoms. The molecule has 1 unspecified atom stereocenters. The first-order chi connectivity index (χ1) is 7.10. The molecule has 0 saturated carbocycles. The summed E-state index contributed by atoms with van der Waals surface area (Å²) in [4.78, 5) is 0.756. The Morgan fingerprint density at radius 2 is 2.00 bits per heavy atom. The summed E-state index contributed by atoms with van der Waals surface area (Å²) < 4.78 is 13.1. The first-order valence-electron chi connectivity index (χ1n) is 5.05. The summed E-state index contributed by atoms with van der Waals surface area (Å²) in [5, 5.41) is 0.202. The Hall–Kier alpha value is -0.350. The molecule has 0 aliphatic carbocycles. The summed E-state index contributed by atoms with van der Waals surface area (Å²) in [6.45, 7) is 4.11. The van der Waals surface area contributed by atoms with E-state index in [1.807, 2.05) is 12.1 Å². The van der Waals surface area contributed by atoms with Crippen molar-refractivity contribution < 1.29 is 4.21 Å². The third-order valence-corrected chi connectivity index (χ3v) is 4.97. The Morgan fingerprint density at radius 1 is 1.40 bits per heavy atom. The fourth-order valence-electron chi connectivity index (χ4n) is 1.47. The van der Waals surface area contributed by atoms with Gasteiger partial charge in [0.25, 0.3) is 0 Å². The number of benzene rings is 1. The van der Waals surface area contributed by atoms with Crippen molar-refractivity contribution in [2.24, 2.45) is 0 Å². The summed E-state index contributed by atoms with van der Waals surface area (Å²) in [5.41, 5.74) is 6.45. The molecule has 1 aromatic rings. The lowest BCUT2D eigenvalue weighted by Crippen LogP contribution is -2.14. The van der Waals surface area contributed by atoms with Crippen molar-refractivity contribution in [1.29, 1.82) is 0 Å². The van der Waals surface area contributed by atoms with Gasteiger partial charge in [0.15, 0.2) is 0 Å². The van der Waals surface area contributed by atoms with Gasteiger partial charge in [-0.2, -0.15) is 0 Å². The van der Waals surface area contributed by atoms with Gasteiger partial charge < -0.3 is 5.73 Å². The number of nitrogens with two attached hydrogens (primary N) is 1. The normalized spacial score (nSPS) is 13.1. The van der Waals surface area contributed by atoms with Crippen LogP contribution in [-0.4, -0.2) is 9.46 Å². The average molecular weight is 290 g/mol. The summed E-state index contributed by atoms with van der Waals surface area (Å²) in [6.07, 6.45) is 1.83.